The van der Waals surface area contributed by atoms with Crippen LogP contribution in [0.25, 0.3) is 0 Å². The molecule has 0 bridgehead atoms. The molecule has 0 unspecified atom stereocenters. The van der Waals surface area contributed by atoms with E-state index >= 15 is 0 Å². The number of hydrogen-bond acceptors (Lipinski definition) is 5. The molecule has 1 saturated carbocycles. The number of amides is 1. The number of carbonyl (C=O) groups is 3. The largest absolute Gasteiger partial charge is 0.480 e. The molecule has 1 aliphatic carbocycles. The van der Waals surface area contributed by atoms with Crippen molar-refractivity contribution in [3.63, 3.8) is 0 Å². The van der Waals surface area contributed by atoms with Crippen molar-refractivity contribution < 1.29 is 24.2 Å². The van der Waals surface area contributed by atoms with Crippen LogP contribution in [0.5, 0.6) is 0 Å². The van der Waals surface area contributed by atoms with Crippen molar-refractivity contribution in [2.24, 2.45) is 5.92 Å². The first-order valence-electron chi connectivity index (χ1n) is 10.9. The van der Waals surface area contributed by atoms with E-state index in [1.54, 1.807) is 18.7 Å². The van der Waals surface area contributed by atoms with Gasteiger partial charge in [0.1, 0.15) is 12.1 Å². The van der Waals surface area contributed by atoms with Crippen LogP contribution in [-0.2, 0) is 25.5 Å². The lowest BCUT2D eigenvalue weighted by molar-refractivity contribution is -0.151. The predicted octanol–water partition coefficient (Wildman–Crippen LogP) is 2.38. The Bertz CT molecular complexity index is 753. The molecule has 1 aromatic carbocycles. The molecule has 30 heavy (non-hydrogen) atoms. The molecule has 2 N–H and O–H groups in total. The van der Waals surface area contributed by atoms with Gasteiger partial charge in [-0.3, -0.25) is 14.9 Å². The van der Waals surface area contributed by atoms with Crippen molar-refractivity contribution in [1.29, 1.82) is 0 Å². The number of aryl methyl sites for hydroxylation is 1. The summed E-state index contributed by atoms with van der Waals surface area (Å²) in [5.74, 6) is -1.31. The Hall–Kier alpha value is -2.41. The van der Waals surface area contributed by atoms with E-state index in [1.807, 2.05) is 30.3 Å². The zero-order valence-electron chi connectivity index (χ0n) is 17.8. The number of likely N-dealkylation sites (tertiary alicyclic amines) is 1. The number of aliphatic carboxylic acids is 1. The smallest absolute Gasteiger partial charge is 0.326 e. The van der Waals surface area contributed by atoms with Gasteiger partial charge in [-0.2, -0.15) is 0 Å². The molecule has 2 fully saturated rings. The average molecular weight is 417 g/mol. The molecule has 7 heteroatoms. The number of esters is 1. The third-order valence-electron chi connectivity index (χ3n) is 6.33. The van der Waals surface area contributed by atoms with Gasteiger partial charge in [0.2, 0.25) is 5.91 Å². The van der Waals surface area contributed by atoms with E-state index in [2.05, 4.69) is 5.32 Å². The molecular formula is C23H32N2O5. The first-order valence-corrected chi connectivity index (χ1v) is 10.9. The molecule has 0 spiro atoms. The van der Waals surface area contributed by atoms with E-state index in [-0.39, 0.29) is 30.4 Å². The van der Waals surface area contributed by atoms with E-state index in [4.69, 9.17) is 4.74 Å². The van der Waals surface area contributed by atoms with Crippen molar-refractivity contribution in [3.05, 3.63) is 35.9 Å². The normalized spacial score (nSPS) is 24.9. The Morgan fingerprint density at radius 2 is 1.97 bits per heavy atom. The van der Waals surface area contributed by atoms with Crippen LogP contribution in [0.3, 0.4) is 0 Å². The molecule has 0 radical (unpaired) electrons. The topological polar surface area (TPSA) is 95.9 Å². The molecule has 0 aromatic heterocycles. The Labute approximate surface area is 177 Å². The van der Waals surface area contributed by atoms with Crippen LogP contribution in [0, 0.1) is 5.92 Å². The summed E-state index contributed by atoms with van der Waals surface area (Å²) in [6.45, 7) is 3.72. The van der Waals surface area contributed by atoms with Gasteiger partial charge < -0.3 is 14.7 Å². The maximum absolute atomic E-state index is 13.2. The molecule has 1 amide bonds. The summed E-state index contributed by atoms with van der Waals surface area (Å²) in [4.78, 5) is 39.1. The zero-order valence-corrected chi connectivity index (χ0v) is 17.8. The number of rotatable bonds is 9. The fourth-order valence-corrected chi connectivity index (χ4v) is 4.89. The van der Waals surface area contributed by atoms with Gasteiger partial charge in [0, 0.05) is 6.04 Å². The molecule has 5 atom stereocenters. The van der Waals surface area contributed by atoms with E-state index in [0.717, 1.165) is 24.8 Å². The van der Waals surface area contributed by atoms with E-state index < -0.39 is 24.1 Å². The van der Waals surface area contributed by atoms with Gasteiger partial charge in [-0.05, 0) is 57.4 Å². The van der Waals surface area contributed by atoms with Crippen molar-refractivity contribution in [3.8, 4) is 0 Å². The molecule has 1 aliphatic heterocycles. The van der Waals surface area contributed by atoms with Crippen molar-refractivity contribution in [2.45, 2.75) is 76.5 Å². The number of nitrogens with one attached hydrogen (secondary N) is 1. The lowest BCUT2D eigenvalue weighted by atomic mass is 10.0. The number of carbonyl (C=O) groups excluding carboxylic acids is 2. The van der Waals surface area contributed by atoms with Gasteiger partial charge in [0.15, 0.2) is 0 Å². The van der Waals surface area contributed by atoms with Gasteiger partial charge >= 0.3 is 11.9 Å². The first kappa shape index (κ1) is 22.3. The lowest BCUT2D eigenvalue weighted by Gasteiger charge is -2.31. The van der Waals surface area contributed by atoms with Crippen LogP contribution in [0.1, 0.15) is 51.5 Å². The standard InChI is InChI=1S/C23H32N2O5/c1-3-30-23(29)18(13-12-16-8-5-4-6-9-16)24-15(2)21(26)25-19-11-7-10-17(19)14-20(25)22(27)28/h4-6,8-9,15,17-20,24H,3,7,10-14H2,1-2H3,(H,27,28)/t15-,17+,18-,19+,20-/m0/s1. The Morgan fingerprint density at radius 1 is 1.23 bits per heavy atom. The van der Waals surface area contributed by atoms with Crippen LogP contribution < -0.4 is 5.32 Å². The highest BCUT2D eigenvalue weighted by Gasteiger charge is 2.49. The molecular weight excluding hydrogens is 384 g/mol. The number of hydrogen-bond donors (Lipinski definition) is 2. The summed E-state index contributed by atoms with van der Waals surface area (Å²) in [5.41, 5.74) is 1.10. The quantitative estimate of drug-likeness (QED) is 0.600. The second kappa shape index (κ2) is 10.1. The third-order valence-corrected chi connectivity index (χ3v) is 6.33. The molecule has 164 valence electrons. The van der Waals surface area contributed by atoms with Crippen LogP contribution in [0.2, 0.25) is 0 Å². The van der Waals surface area contributed by atoms with Crippen LogP contribution in [0.15, 0.2) is 30.3 Å². The minimum Gasteiger partial charge on any atom is -0.480 e. The fraction of sp³-hybridized carbons (Fsp3) is 0.609. The van der Waals surface area contributed by atoms with Crippen molar-refractivity contribution >= 4 is 17.8 Å². The SMILES string of the molecule is CCOC(=O)[C@H](CCc1ccccc1)N[C@@H](C)C(=O)N1[C@@H]2CCC[C@@H]2C[C@H]1C(=O)O. The summed E-state index contributed by atoms with van der Waals surface area (Å²) in [6.07, 6.45) is 4.54. The van der Waals surface area contributed by atoms with Gasteiger partial charge in [-0.25, -0.2) is 4.79 Å². The number of benzene rings is 1. The monoisotopic (exact) mass is 416 g/mol. The second-order valence-corrected chi connectivity index (χ2v) is 8.31. The van der Waals surface area contributed by atoms with Crippen LogP contribution >= 0.6 is 0 Å². The van der Waals surface area contributed by atoms with Gasteiger partial charge in [0.25, 0.3) is 0 Å². The highest BCUT2D eigenvalue weighted by Crippen LogP contribution is 2.41. The maximum atomic E-state index is 13.2. The minimum absolute atomic E-state index is 0.00629. The predicted molar refractivity (Wildman–Crippen MR) is 112 cm³/mol. The molecule has 1 aromatic rings. The summed E-state index contributed by atoms with van der Waals surface area (Å²) in [7, 11) is 0. The highest BCUT2D eigenvalue weighted by molar-refractivity contribution is 5.88. The number of ether oxygens (including phenoxy) is 1. The molecule has 2 aliphatic rings. The minimum atomic E-state index is -0.948. The Kier molecular flexibility index (Phi) is 7.48. The Morgan fingerprint density at radius 3 is 2.63 bits per heavy atom. The number of carboxylic acid groups (broad SMARTS) is 1. The van der Waals surface area contributed by atoms with E-state index in [9.17, 15) is 19.5 Å². The summed E-state index contributed by atoms with van der Waals surface area (Å²) >= 11 is 0. The molecule has 7 nitrogen and oxygen atoms in total. The van der Waals surface area contributed by atoms with E-state index in [1.165, 1.54) is 0 Å². The van der Waals surface area contributed by atoms with Crippen LogP contribution in [0.4, 0.5) is 0 Å². The van der Waals surface area contributed by atoms with Crippen LogP contribution in [-0.4, -0.2) is 58.6 Å². The van der Waals surface area contributed by atoms with Gasteiger partial charge in [-0.1, -0.05) is 36.8 Å². The van der Waals surface area contributed by atoms with Crippen molar-refractivity contribution in [1.82, 2.24) is 10.2 Å². The van der Waals surface area contributed by atoms with Gasteiger partial charge in [-0.15, -0.1) is 0 Å². The first-order chi connectivity index (χ1) is 14.4. The zero-order chi connectivity index (χ0) is 21.7. The van der Waals surface area contributed by atoms with E-state index in [0.29, 0.717) is 19.3 Å². The number of carboxylic acids is 1. The Balaban J connectivity index is 1.68. The lowest BCUT2D eigenvalue weighted by Crippen LogP contribution is -2.55. The summed E-state index contributed by atoms with van der Waals surface area (Å²) in [6, 6.07) is 7.76. The highest BCUT2D eigenvalue weighted by atomic mass is 16.5. The average Bonchev–Trinajstić information content (AvgIpc) is 3.32. The number of nitrogens with zero attached hydrogens (tertiary/aromatic N) is 1. The fourth-order valence-electron chi connectivity index (χ4n) is 4.89. The second-order valence-electron chi connectivity index (χ2n) is 8.31. The van der Waals surface area contributed by atoms with Crippen molar-refractivity contribution in [2.75, 3.05) is 6.61 Å². The molecule has 1 saturated heterocycles. The molecule has 3 rings (SSSR count). The summed E-state index contributed by atoms with van der Waals surface area (Å²) < 4.78 is 5.21. The summed E-state index contributed by atoms with van der Waals surface area (Å²) in [5, 5.41) is 12.8. The third kappa shape index (κ3) is 5.01. The van der Waals surface area contributed by atoms with Gasteiger partial charge in [0.05, 0.1) is 12.6 Å². The number of fused-ring (bicyclic) bond motifs is 1. The molecule has 1 heterocycles. The maximum Gasteiger partial charge on any atom is 0.326 e.